The lowest BCUT2D eigenvalue weighted by atomic mass is 10.2. The highest BCUT2D eigenvalue weighted by molar-refractivity contribution is 5.94. The molecule has 8 heteroatoms. The van der Waals surface area contributed by atoms with Crippen LogP contribution in [0.4, 0.5) is 11.6 Å². The van der Waals surface area contributed by atoms with Gasteiger partial charge in [0.25, 0.3) is 0 Å². The lowest BCUT2D eigenvalue weighted by Gasteiger charge is -2.27. The SMILES string of the molecule is CCOC(=O)c1cnc(Cc2ccc(N3CCOCC3)nc2)nc1NC. The number of rotatable bonds is 6. The summed E-state index contributed by atoms with van der Waals surface area (Å²) in [5.74, 6) is 1.60. The van der Waals surface area contributed by atoms with E-state index in [1.165, 1.54) is 6.20 Å². The maximum atomic E-state index is 11.9. The number of ether oxygens (including phenoxy) is 2. The number of pyridine rings is 1. The number of hydrogen-bond acceptors (Lipinski definition) is 8. The summed E-state index contributed by atoms with van der Waals surface area (Å²) in [4.78, 5) is 27.4. The summed E-state index contributed by atoms with van der Waals surface area (Å²) in [6, 6.07) is 4.03. The molecule has 2 aromatic rings. The second kappa shape index (κ2) is 8.57. The Bertz CT molecular complexity index is 745. The van der Waals surface area contributed by atoms with Crippen LogP contribution < -0.4 is 10.2 Å². The second-order valence-corrected chi connectivity index (χ2v) is 5.82. The molecule has 0 radical (unpaired) electrons. The fraction of sp³-hybridized carbons (Fsp3) is 0.444. The van der Waals surface area contributed by atoms with Crippen molar-refractivity contribution in [2.75, 3.05) is 50.2 Å². The molecule has 1 fully saturated rings. The van der Waals surface area contributed by atoms with E-state index in [-0.39, 0.29) is 0 Å². The summed E-state index contributed by atoms with van der Waals surface area (Å²) in [5, 5.41) is 2.93. The zero-order valence-electron chi connectivity index (χ0n) is 15.1. The average Bonchev–Trinajstić information content (AvgIpc) is 2.69. The molecule has 8 nitrogen and oxygen atoms in total. The molecule has 0 unspecified atom stereocenters. The summed E-state index contributed by atoms with van der Waals surface area (Å²) in [6.07, 6.45) is 3.88. The molecule has 2 aromatic heterocycles. The van der Waals surface area contributed by atoms with Gasteiger partial charge in [0.2, 0.25) is 0 Å². The van der Waals surface area contributed by atoms with Gasteiger partial charge >= 0.3 is 5.97 Å². The van der Waals surface area contributed by atoms with Gasteiger partial charge in [0.05, 0.1) is 19.8 Å². The summed E-state index contributed by atoms with van der Waals surface area (Å²) in [5.41, 5.74) is 1.34. The van der Waals surface area contributed by atoms with Crippen molar-refractivity contribution in [3.05, 3.63) is 41.5 Å². The van der Waals surface area contributed by atoms with E-state index < -0.39 is 5.97 Å². The molecule has 3 rings (SSSR count). The molecular weight excluding hydrogens is 334 g/mol. The third-order valence-electron chi connectivity index (χ3n) is 4.08. The molecule has 1 aliphatic rings. The van der Waals surface area contributed by atoms with Gasteiger partial charge in [-0.25, -0.2) is 19.7 Å². The molecule has 1 aliphatic heterocycles. The van der Waals surface area contributed by atoms with Crippen LogP contribution in [-0.4, -0.2) is 60.9 Å². The Morgan fingerprint density at radius 3 is 2.73 bits per heavy atom. The molecule has 0 bridgehead atoms. The van der Waals surface area contributed by atoms with Crippen LogP contribution in [0.3, 0.4) is 0 Å². The van der Waals surface area contributed by atoms with Crippen molar-refractivity contribution in [3.63, 3.8) is 0 Å². The topological polar surface area (TPSA) is 89.5 Å². The van der Waals surface area contributed by atoms with Gasteiger partial charge in [0.1, 0.15) is 23.0 Å². The van der Waals surface area contributed by atoms with Gasteiger partial charge in [-0.3, -0.25) is 0 Å². The van der Waals surface area contributed by atoms with Crippen molar-refractivity contribution >= 4 is 17.6 Å². The molecule has 1 saturated heterocycles. The maximum absolute atomic E-state index is 11.9. The highest BCUT2D eigenvalue weighted by Gasteiger charge is 2.16. The minimum absolute atomic E-state index is 0.310. The molecule has 0 aromatic carbocycles. The van der Waals surface area contributed by atoms with E-state index in [2.05, 4.69) is 25.2 Å². The first-order chi connectivity index (χ1) is 12.7. The Balaban J connectivity index is 1.71. The Morgan fingerprint density at radius 1 is 1.27 bits per heavy atom. The lowest BCUT2D eigenvalue weighted by Crippen LogP contribution is -2.36. The van der Waals surface area contributed by atoms with E-state index in [9.17, 15) is 4.79 Å². The molecule has 26 heavy (non-hydrogen) atoms. The van der Waals surface area contributed by atoms with Crippen molar-refractivity contribution in [3.8, 4) is 0 Å². The predicted octanol–water partition coefficient (Wildman–Crippen LogP) is 1.52. The van der Waals surface area contributed by atoms with Gasteiger partial charge in [0.15, 0.2) is 0 Å². The number of esters is 1. The first-order valence-electron chi connectivity index (χ1n) is 8.69. The Hall–Kier alpha value is -2.74. The summed E-state index contributed by atoms with van der Waals surface area (Å²) in [7, 11) is 1.72. The third kappa shape index (κ3) is 4.26. The van der Waals surface area contributed by atoms with Crippen molar-refractivity contribution in [2.45, 2.75) is 13.3 Å². The number of aromatic nitrogens is 3. The normalized spacial score (nSPS) is 14.2. The summed E-state index contributed by atoms with van der Waals surface area (Å²) < 4.78 is 10.4. The summed E-state index contributed by atoms with van der Waals surface area (Å²) >= 11 is 0. The molecule has 0 atom stereocenters. The van der Waals surface area contributed by atoms with Gasteiger partial charge in [-0.2, -0.15) is 0 Å². The van der Waals surface area contributed by atoms with Gasteiger partial charge in [-0.15, -0.1) is 0 Å². The average molecular weight is 357 g/mol. The van der Waals surface area contributed by atoms with Crippen molar-refractivity contribution in [2.24, 2.45) is 0 Å². The number of anilines is 2. The fourth-order valence-corrected chi connectivity index (χ4v) is 2.74. The minimum atomic E-state index is -0.431. The molecule has 0 saturated carbocycles. The minimum Gasteiger partial charge on any atom is -0.462 e. The maximum Gasteiger partial charge on any atom is 0.343 e. The quantitative estimate of drug-likeness (QED) is 0.779. The monoisotopic (exact) mass is 357 g/mol. The van der Waals surface area contributed by atoms with Crippen molar-refractivity contribution < 1.29 is 14.3 Å². The van der Waals surface area contributed by atoms with Gasteiger partial charge in [-0.05, 0) is 18.6 Å². The number of nitrogens with zero attached hydrogens (tertiary/aromatic N) is 4. The summed E-state index contributed by atoms with van der Waals surface area (Å²) in [6.45, 7) is 5.25. The highest BCUT2D eigenvalue weighted by atomic mass is 16.5. The van der Waals surface area contributed by atoms with E-state index >= 15 is 0 Å². The molecule has 3 heterocycles. The largest absolute Gasteiger partial charge is 0.462 e. The smallest absolute Gasteiger partial charge is 0.343 e. The number of carbonyl (C=O) groups excluding carboxylic acids is 1. The fourth-order valence-electron chi connectivity index (χ4n) is 2.74. The van der Waals surface area contributed by atoms with Crippen molar-refractivity contribution in [1.29, 1.82) is 0 Å². The molecule has 0 spiro atoms. The number of nitrogens with one attached hydrogen (secondary N) is 1. The van der Waals surface area contributed by atoms with Crippen LogP contribution in [0, 0.1) is 0 Å². The Labute approximate surface area is 152 Å². The van der Waals surface area contributed by atoms with E-state index in [0.717, 1.165) is 37.7 Å². The zero-order chi connectivity index (χ0) is 18.4. The molecule has 138 valence electrons. The molecule has 0 aliphatic carbocycles. The first kappa shape index (κ1) is 18.1. The predicted molar refractivity (Wildman–Crippen MR) is 97.6 cm³/mol. The van der Waals surface area contributed by atoms with E-state index in [1.54, 1.807) is 14.0 Å². The first-order valence-corrected chi connectivity index (χ1v) is 8.69. The Kier molecular flexibility index (Phi) is 5.96. The second-order valence-electron chi connectivity index (χ2n) is 5.82. The van der Waals surface area contributed by atoms with Crippen LogP contribution in [0.5, 0.6) is 0 Å². The Morgan fingerprint density at radius 2 is 2.08 bits per heavy atom. The highest BCUT2D eigenvalue weighted by Crippen LogP contribution is 2.17. The van der Waals surface area contributed by atoms with E-state index in [1.807, 2.05) is 18.3 Å². The van der Waals surface area contributed by atoms with E-state index in [0.29, 0.717) is 30.2 Å². The van der Waals surface area contributed by atoms with Crippen LogP contribution >= 0.6 is 0 Å². The zero-order valence-corrected chi connectivity index (χ0v) is 15.1. The van der Waals surface area contributed by atoms with Crippen molar-refractivity contribution in [1.82, 2.24) is 15.0 Å². The van der Waals surface area contributed by atoms with Crippen LogP contribution in [0.25, 0.3) is 0 Å². The van der Waals surface area contributed by atoms with Gasteiger partial charge in [-0.1, -0.05) is 6.07 Å². The van der Waals surface area contributed by atoms with Crippen LogP contribution in [0.1, 0.15) is 28.7 Å². The standard InChI is InChI=1S/C18H23N5O3/c1-3-26-18(24)14-12-20-15(22-17(14)19-2)10-13-4-5-16(21-11-13)23-6-8-25-9-7-23/h4-5,11-12H,3,6-10H2,1-2H3,(H,19,20,22). The van der Waals surface area contributed by atoms with Crippen LogP contribution in [0.15, 0.2) is 24.5 Å². The number of hydrogen-bond donors (Lipinski definition) is 1. The molecule has 1 N–H and O–H groups in total. The number of morpholine rings is 1. The molecule has 0 amide bonds. The lowest BCUT2D eigenvalue weighted by molar-refractivity contribution is 0.0526. The third-order valence-corrected chi connectivity index (χ3v) is 4.08. The molecular formula is C18H23N5O3. The van der Waals surface area contributed by atoms with E-state index in [4.69, 9.17) is 9.47 Å². The number of carbonyl (C=O) groups is 1. The van der Waals surface area contributed by atoms with Gasteiger partial charge < -0.3 is 19.7 Å². The van der Waals surface area contributed by atoms with Crippen LogP contribution in [-0.2, 0) is 15.9 Å². The van der Waals surface area contributed by atoms with Gasteiger partial charge in [0, 0.05) is 39.0 Å². The van der Waals surface area contributed by atoms with Crippen LogP contribution in [0.2, 0.25) is 0 Å².